The van der Waals surface area contributed by atoms with Crippen molar-refractivity contribution >= 4 is 28.6 Å². The van der Waals surface area contributed by atoms with E-state index in [0.717, 1.165) is 12.8 Å². The van der Waals surface area contributed by atoms with E-state index < -0.39 is 16.2 Å². The highest BCUT2D eigenvalue weighted by Gasteiger charge is 2.34. The molecule has 224 valence electrons. The minimum absolute atomic E-state index is 0.0995. The molecule has 3 N–H and O–H groups in total. The van der Waals surface area contributed by atoms with Crippen LogP contribution < -0.4 is 26.2 Å². The average molecular weight is 594 g/mol. The molecule has 0 bridgehead atoms. The Hall–Kier alpha value is -5.46. The predicted octanol–water partition coefficient (Wildman–Crippen LogP) is 4.56. The molecule has 0 spiro atoms. The van der Waals surface area contributed by atoms with Gasteiger partial charge in [0.15, 0.2) is 11.5 Å². The summed E-state index contributed by atoms with van der Waals surface area (Å²) in [7, 11) is 3.10. The number of likely N-dealkylation sites (N-methyl/N-ethyl adjacent to an activating group) is 1. The topological polar surface area (TPSA) is 149 Å². The van der Waals surface area contributed by atoms with Crippen molar-refractivity contribution in [1.29, 1.82) is 0 Å². The van der Waals surface area contributed by atoms with E-state index in [-0.39, 0.29) is 24.1 Å². The molecule has 1 unspecified atom stereocenters. The minimum atomic E-state index is -0.457. The second kappa shape index (κ2) is 11.7. The maximum Gasteiger partial charge on any atom is 0.339 e. The second-order valence-corrected chi connectivity index (χ2v) is 10.7. The largest absolute Gasteiger partial charge is 0.633 e. The molecular weight excluding hydrogens is 562 g/mol. The van der Waals surface area contributed by atoms with Crippen LogP contribution >= 0.6 is 0 Å². The van der Waals surface area contributed by atoms with E-state index >= 15 is 0 Å². The van der Waals surface area contributed by atoms with Crippen LogP contribution in [0.1, 0.15) is 12.8 Å². The first kappa shape index (κ1) is 28.6. The molecule has 3 aromatic carbocycles. The number of hydrogen-bond acceptors (Lipinski definition) is 8. The number of carbonyl (C=O) groups is 1. The molecule has 44 heavy (non-hydrogen) atoms. The van der Waals surface area contributed by atoms with Crippen LogP contribution in [0, 0.1) is 5.21 Å². The molecular formula is C32H31N7O5. The van der Waals surface area contributed by atoms with Crippen LogP contribution in [0.25, 0.3) is 22.5 Å². The van der Waals surface area contributed by atoms with Crippen molar-refractivity contribution in [3.05, 3.63) is 107 Å². The Morgan fingerprint density at radius 3 is 2.45 bits per heavy atom. The van der Waals surface area contributed by atoms with Gasteiger partial charge in [-0.3, -0.25) is 9.36 Å². The molecule has 0 saturated heterocycles. The van der Waals surface area contributed by atoms with Crippen LogP contribution in [0.15, 0.2) is 96.1 Å². The number of imidazole rings is 1. The van der Waals surface area contributed by atoms with Crippen molar-refractivity contribution in [3.63, 3.8) is 0 Å². The summed E-state index contributed by atoms with van der Waals surface area (Å²) in [6.07, 6.45) is 6.02. The molecule has 1 saturated carbocycles. The van der Waals surface area contributed by atoms with Crippen molar-refractivity contribution in [2.45, 2.75) is 18.9 Å². The lowest BCUT2D eigenvalue weighted by Crippen LogP contribution is -2.39. The van der Waals surface area contributed by atoms with Crippen LogP contribution in [0.4, 0.5) is 11.5 Å². The molecule has 0 radical (unpaired) electrons. The lowest BCUT2D eigenvalue weighted by atomic mass is 10.2. The van der Waals surface area contributed by atoms with Gasteiger partial charge >= 0.3 is 5.69 Å². The number of nitrogens with zero attached hydrogens (tertiary/aromatic N) is 5. The summed E-state index contributed by atoms with van der Waals surface area (Å²) in [5.41, 5.74) is 7.70. The number of methoxy groups -OCH3 is 1. The zero-order valence-corrected chi connectivity index (χ0v) is 24.2. The lowest BCUT2D eigenvalue weighted by Gasteiger charge is -2.38. The number of benzene rings is 3. The number of ether oxygens (including phenoxy) is 2. The number of fused-ring (bicyclic) bond motifs is 1. The fraction of sp³-hybridized carbons (Fsp3) is 0.188. The third-order valence-electron chi connectivity index (χ3n) is 7.43. The van der Waals surface area contributed by atoms with E-state index in [2.05, 4.69) is 15.3 Å². The highest BCUT2D eigenvalue weighted by atomic mass is 16.5. The van der Waals surface area contributed by atoms with Gasteiger partial charge in [-0.25, -0.2) is 19.3 Å². The third kappa shape index (κ3) is 5.89. The van der Waals surface area contributed by atoms with Crippen molar-refractivity contribution in [3.8, 4) is 28.6 Å². The number of nitrogens with one attached hydrogen (secondary N) is 1. The van der Waals surface area contributed by atoms with E-state index in [1.807, 2.05) is 30.3 Å². The van der Waals surface area contributed by atoms with Crippen LogP contribution in [-0.2, 0) is 4.79 Å². The Bertz CT molecular complexity index is 1910. The summed E-state index contributed by atoms with van der Waals surface area (Å²) in [4.78, 5) is 35.3. The number of rotatable bonds is 10. The zero-order chi connectivity index (χ0) is 30.8. The first-order chi connectivity index (χ1) is 21.2. The van der Waals surface area contributed by atoms with Crippen molar-refractivity contribution in [2.75, 3.05) is 31.8 Å². The summed E-state index contributed by atoms with van der Waals surface area (Å²) in [5, 5.41) is 15.3. The number of hydrogen-bond donors (Lipinski definition) is 2. The number of nitrogen functional groups attached to an aromatic ring is 1. The Morgan fingerprint density at radius 1 is 1.02 bits per heavy atom. The van der Waals surface area contributed by atoms with Gasteiger partial charge in [-0.1, -0.05) is 18.2 Å². The quantitative estimate of drug-likeness (QED) is 0.136. The van der Waals surface area contributed by atoms with E-state index in [4.69, 9.17) is 15.2 Å². The van der Waals surface area contributed by atoms with Gasteiger partial charge in [-0.05, 0) is 48.5 Å². The maximum absolute atomic E-state index is 14.0. The van der Waals surface area contributed by atoms with Crippen molar-refractivity contribution < 1.29 is 18.9 Å². The summed E-state index contributed by atoms with van der Waals surface area (Å²) in [6.45, 7) is 0.205. The van der Waals surface area contributed by atoms with Crippen molar-refractivity contribution in [1.82, 2.24) is 19.1 Å². The zero-order valence-electron chi connectivity index (χ0n) is 24.2. The number of anilines is 2. The van der Waals surface area contributed by atoms with Crippen LogP contribution in [0.2, 0.25) is 0 Å². The van der Waals surface area contributed by atoms with Gasteiger partial charge in [-0.2, -0.15) is 0 Å². The molecule has 1 aliphatic carbocycles. The maximum atomic E-state index is 14.0. The fourth-order valence-electron chi connectivity index (χ4n) is 5.03. The van der Waals surface area contributed by atoms with Crippen LogP contribution in [0.5, 0.6) is 17.2 Å². The average Bonchev–Trinajstić information content (AvgIpc) is 3.83. The number of quaternary nitrogens is 1. The Kier molecular flexibility index (Phi) is 7.60. The standard InChI is InChI=1S/C32H31N7O5/c1-39(42,24-12-13-24)16-6-9-28(40)36-21-17-23(19-27(18-21)43-2)38-31-29(30(33)34-20-35-31)37(32(38)41)22-10-14-26(15-11-22)44-25-7-4-3-5-8-25/h3-11,14-15,17-20,24H,12-13,16H2,1-2H3,(H,36,40)(H2,33,34,35)/b9-6+. The van der Waals surface area contributed by atoms with Gasteiger partial charge in [-0.15, -0.1) is 0 Å². The minimum Gasteiger partial charge on any atom is -0.633 e. The Morgan fingerprint density at radius 2 is 1.75 bits per heavy atom. The normalized spacial score (nSPS) is 14.4. The predicted molar refractivity (Wildman–Crippen MR) is 167 cm³/mol. The van der Waals surface area contributed by atoms with E-state index in [9.17, 15) is 14.8 Å². The Labute approximate surface area is 252 Å². The molecule has 5 aromatic rings. The monoisotopic (exact) mass is 593 g/mol. The summed E-state index contributed by atoms with van der Waals surface area (Å²) >= 11 is 0. The smallest absolute Gasteiger partial charge is 0.339 e. The summed E-state index contributed by atoms with van der Waals surface area (Å²) < 4.78 is 13.8. The van der Waals surface area contributed by atoms with Crippen LogP contribution in [-0.4, -0.2) is 56.4 Å². The number of amides is 1. The molecule has 1 aliphatic rings. The number of para-hydroxylation sites is 1. The number of nitrogens with two attached hydrogens (primary N) is 1. The van der Waals surface area contributed by atoms with E-state index in [0.29, 0.717) is 39.8 Å². The van der Waals surface area contributed by atoms with Gasteiger partial charge in [0.05, 0.1) is 38.1 Å². The second-order valence-electron chi connectivity index (χ2n) is 10.7. The third-order valence-corrected chi connectivity index (χ3v) is 7.43. The first-order valence-electron chi connectivity index (χ1n) is 14.0. The van der Waals surface area contributed by atoms with Crippen molar-refractivity contribution in [2.24, 2.45) is 0 Å². The number of aromatic nitrogens is 4. The SMILES string of the molecule is COc1cc(NC(=O)/C=C/C[N+](C)([O-])C2CC2)cc(-n2c(=O)n(-c3ccc(Oc4ccccc4)cc3)c3c(N)ncnc32)c1. The van der Waals surface area contributed by atoms with Gasteiger partial charge < -0.3 is 30.4 Å². The highest BCUT2D eigenvalue weighted by Crippen LogP contribution is 2.31. The molecule has 2 heterocycles. The van der Waals surface area contributed by atoms with E-state index in [1.54, 1.807) is 55.6 Å². The molecule has 0 aliphatic heterocycles. The highest BCUT2D eigenvalue weighted by molar-refractivity contribution is 5.99. The molecule has 2 aromatic heterocycles. The molecule has 6 rings (SSSR count). The van der Waals surface area contributed by atoms with Crippen LogP contribution in [0.3, 0.4) is 0 Å². The first-order valence-corrected chi connectivity index (χ1v) is 14.0. The molecule has 1 fully saturated rings. The fourth-order valence-corrected chi connectivity index (χ4v) is 5.03. The van der Waals surface area contributed by atoms with Gasteiger partial charge in [0, 0.05) is 36.7 Å². The molecule has 1 atom stereocenters. The van der Waals surface area contributed by atoms with E-state index in [1.165, 1.54) is 28.6 Å². The van der Waals surface area contributed by atoms with Gasteiger partial charge in [0.2, 0.25) is 5.91 Å². The Balaban J connectivity index is 1.34. The molecule has 12 heteroatoms. The summed E-state index contributed by atoms with van der Waals surface area (Å²) in [6, 6.07) is 21.4. The molecule has 12 nitrogen and oxygen atoms in total. The summed E-state index contributed by atoms with van der Waals surface area (Å²) in [5.74, 6) is 1.38. The number of hydroxylamine groups is 3. The van der Waals surface area contributed by atoms with Gasteiger partial charge in [0.25, 0.3) is 0 Å². The van der Waals surface area contributed by atoms with Gasteiger partial charge in [0.1, 0.15) is 29.1 Å². The lowest BCUT2D eigenvalue weighted by molar-refractivity contribution is -0.865. The number of carbonyl (C=O) groups excluding carboxylic acids is 1. The molecule has 1 amide bonds.